The lowest BCUT2D eigenvalue weighted by Gasteiger charge is -2.71. The van der Waals surface area contributed by atoms with Crippen molar-refractivity contribution in [2.45, 2.75) is 222 Å². The predicted molar refractivity (Wildman–Crippen MR) is 235 cm³/mol. The molecule has 3 aliphatic heterocycles. The largest absolute Gasteiger partial charge is 0.394 e. The summed E-state index contributed by atoms with van der Waals surface area (Å²) in [6, 6.07) is 0. The molecule has 0 spiro atoms. The Kier molecular flexibility index (Phi) is 15.6. The molecule has 67 heavy (non-hydrogen) atoms. The third-order valence-corrected chi connectivity index (χ3v) is 18.7. The number of aliphatic hydroxyl groups excluding tert-OH is 12. The Hall–Kier alpha value is -1.02. The molecule has 4 saturated carbocycles. The second kappa shape index (κ2) is 19.4. The Balaban J connectivity index is 1.14. The second-order valence-corrected chi connectivity index (χ2v) is 23.3. The van der Waals surface area contributed by atoms with Crippen LogP contribution in [0, 0.1) is 45.3 Å². The maximum Gasteiger partial charge on any atom is 0.187 e. The number of hydrogen-bond acceptors (Lipinski definition) is 19. The highest BCUT2D eigenvalue weighted by Gasteiger charge is 2.72. The summed E-state index contributed by atoms with van der Waals surface area (Å²) in [6.07, 6.45) is -15.8. The topological polar surface area (TPSA) is 318 Å². The highest BCUT2D eigenvalue weighted by atomic mass is 16.8. The molecule has 19 nitrogen and oxygen atoms in total. The first kappa shape index (κ1) is 53.8. The summed E-state index contributed by atoms with van der Waals surface area (Å²) in [6.45, 7) is 14.5. The predicted octanol–water partition coefficient (Wildman–Crippen LogP) is -1.06. The third kappa shape index (κ3) is 9.24. The molecule has 388 valence electrons. The van der Waals surface area contributed by atoms with Gasteiger partial charge < -0.3 is 94.8 Å². The van der Waals surface area contributed by atoms with Crippen molar-refractivity contribution in [3.63, 3.8) is 0 Å². The Bertz CT molecular complexity index is 1710. The summed E-state index contributed by atoms with van der Waals surface area (Å²) in [5, 5.41) is 139. The van der Waals surface area contributed by atoms with Crippen molar-refractivity contribution in [1.29, 1.82) is 0 Å². The van der Waals surface area contributed by atoms with Gasteiger partial charge in [0.25, 0.3) is 0 Å². The molecule has 25 atom stereocenters. The van der Waals surface area contributed by atoms with Gasteiger partial charge in [-0.2, -0.15) is 0 Å². The van der Waals surface area contributed by atoms with Gasteiger partial charge in [0.05, 0.1) is 43.2 Å². The van der Waals surface area contributed by atoms with E-state index in [1.807, 2.05) is 13.0 Å². The van der Waals surface area contributed by atoms with Crippen LogP contribution in [0.3, 0.4) is 0 Å². The minimum Gasteiger partial charge on any atom is -0.394 e. The fourth-order valence-electron chi connectivity index (χ4n) is 14.8. The van der Waals surface area contributed by atoms with Gasteiger partial charge in [-0.1, -0.05) is 46.8 Å². The molecule has 7 aliphatic rings. The molecule has 7 fully saturated rings. The molecule has 0 aromatic carbocycles. The van der Waals surface area contributed by atoms with Gasteiger partial charge in [0.2, 0.25) is 0 Å². The van der Waals surface area contributed by atoms with E-state index in [4.69, 9.17) is 28.4 Å². The van der Waals surface area contributed by atoms with Crippen LogP contribution in [0.5, 0.6) is 0 Å². The fraction of sp³-hybridized carbons (Fsp3) is 0.958. The van der Waals surface area contributed by atoms with Gasteiger partial charge in [0.15, 0.2) is 18.9 Å². The van der Waals surface area contributed by atoms with E-state index in [1.54, 1.807) is 19.9 Å². The first-order valence-corrected chi connectivity index (χ1v) is 24.4. The Morgan fingerprint density at radius 2 is 1.10 bits per heavy atom. The molecule has 7 rings (SSSR count). The molecule has 3 saturated heterocycles. The summed E-state index contributed by atoms with van der Waals surface area (Å²) in [7, 11) is 0. The Morgan fingerprint density at radius 3 is 1.67 bits per heavy atom. The van der Waals surface area contributed by atoms with E-state index in [9.17, 15) is 66.4 Å². The zero-order valence-electron chi connectivity index (χ0n) is 40.3. The average Bonchev–Trinajstić information content (AvgIpc) is 3.65. The second-order valence-electron chi connectivity index (χ2n) is 23.3. The SMILES string of the molecule is CC(C)(O)/C=C/C[C@](C)(O[C@@H]1O[C@H](CO)[C@@H](O)[C@H](O)[C@H]1O)[C@H]1CC[C@]2(C)[C@@H]1[C@H](O)C[C@@H]1[C@@]3(C)CC[C@H](O[C@@H]4O[C@H](CO)[C@@H](O)[C@H](O)[C@H]4O[C@@H]4O[C@H](CO)[C@@H](O)[C@H](O)[C@H]4O)C(C)(C)[C@@H]3CC[C@]12C. The highest BCUT2D eigenvalue weighted by Crippen LogP contribution is 2.76. The molecular formula is C48H82O19. The molecule has 0 bridgehead atoms. The van der Waals surface area contributed by atoms with Crippen molar-refractivity contribution >= 4 is 0 Å². The third-order valence-electron chi connectivity index (χ3n) is 18.7. The quantitative estimate of drug-likeness (QED) is 0.0773. The first-order chi connectivity index (χ1) is 31.1. The van der Waals surface area contributed by atoms with Crippen LogP contribution in [0.4, 0.5) is 0 Å². The van der Waals surface area contributed by atoms with Crippen molar-refractivity contribution in [1.82, 2.24) is 0 Å². The molecule has 0 unspecified atom stereocenters. The number of hydrogen-bond donors (Lipinski definition) is 13. The van der Waals surface area contributed by atoms with Gasteiger partial charge in [-0.05, 0) is 117 Å². The van der Waals surface area contributed by atoms with Crippen LogP contribution >= 0.6 is 0 Å². The lowest BCUT2D eigenvalue weighted by Crippen LogP contribution is -2.68. The minimum absolute atomic E-state index is 0.0608. The van der Waals surface area contributed by atoms with E-state index in [2.05, 4.69) is 34.6 Å². The average molecular weight is 963 g/mol. The van der Waals surface area contributed by atoms with Crippen LogP contribution in [0.2, 0.25) is 0 Å². The summed E-state index contributed by atoms with van der Waals surface area (Å²) in [5.74, 6) is -0.422. The zero-order valence-corrected chi connectivity index (χ0v) is 40.3. The molecule has 3 heterocycles. The van der Waals surface area contributed by atoms with E-state index in [0.717, 1.165) is 19.3 Å². The lowest BCUT2D eigenvalue weighted by atomic mass is 9.35. The highest BCUT2D eigenvalue weighted by molar-refractivity contribution is 5.21. The molecule has 0 radical (unpaired) electrons. The van der Waals surface area contributed by atoms with Gasteiger partial charge in [-0.3, -0.25) is 0 Å². The number of rotatable bonds is 13. The zero-order chi connectivity index (χ0) is 49.6. The summed E-state index contributed by atoms with van der Waals surface area (Å²) in [4.78, 5) is 0. The lowest BCUT2D eigenvalue weighted by molar-refractivity contribution is -0.378. The van der Waals surface area contributed by atoms with E-state index in [0.29, 0.717) is 25.7 Å². The Morgan fingerprint density at radius 1 is 0.582 bits per heavy atom. The summed E-state index contributed by atoms with van der Waals surface area (Å²) in [5.41, 5.74) is -3.75. The van der Waals surface area contributed by atoms with Gasteiger partial charge >= 0.3 is 0 Å². The first-order valence-electron chi connectivity index (χ1n) is 24.4. The minimum atomic E-state index is -1.80. The van der Waals surface area contributed by atoms with Crippen LogP contribution in [-0.4, -0.2) is 202 Å². The van der Waals surface area contributed by atoms with Gasteiger partial charge in [0.1, 0.15) is 73.2 Å². The van der Waals surface area contributed by atoms with Crippen molar-refractivity contribution in [2.24, 2.45) is 45.3 Å². The van der Waals surface area contributed by atoms with Crippen molar-refractivity contribution in [3.05, 3.63) is 12.2 Å². The molecule has 4 aliphatic carbocycles. The van der Waals surface area contributed by atoms with Crippen LogP contribution in [0.1, 0.15) is 107 Å². The van der Waals surface area contributed by atoms with Crippen LogP contribution in [0.15, 0.2) is 12.2 Å². The molecule has 0 amide bonds. The van der Waals surface area contributed by atoms with Gasteiger partial charge in [-0.15, -0.1) is 0 Å². The van der Waals surface area contributed by atoms with Crippen LogP contribution < -0.4 is 0 Å². The molecule has 0 aromatic rings. The van der Waals surface area contributed by atoms with Crippen molar-refractivity contribution in [3.8, 4) is 0 Å². The fourth-order valence-corrected chi connectivity index (χ4v) is 14.8. The molecular weight excluding hydrogens is 881 g/mol. The van der Waals surface area contributed by atoms with E-state index in [-0.39, 0.29) is 40.9 Å². The molecule has 19 heteroatoms. The monoisotopic (exact) mass is 963 g/mol. The maximum absolute atomic E-state index is 12.7. The van der Waals surface area contributed by atoms with E-state index in [1.165, 1.54) is 0 Å². The Labute approximate surface area is 393 Å². The van der Waals surface area contributed by atoms with Crippen LogP contribution in [0.25, 0.3) is 0 Å². The summed E-state index contributed by atoms with van der Waals surface area (Å²) >= 11 is 0. The van der Waals surface area contributed by atoms with Crippen LogP contribution in [-0.2, 0) is 28.4 Å². The smallest absolute Gasteiger partial charge is 0.187 e. The molecule has 13 N–H and O–H groups in total. The van der Waals surface area contributed by atoms with Gasteiger partial charge in [0, 0.05) is 0 Å². The maximum atomic E-state index is 12.7. The number of fused-ring (bicyclic) bond motifs is 5. The molecule has 0 aromatic heterocycles. The standard InChI is InChI=1S/C48H82O19/c1-43(2,61)13-9-14-48(8,67-41-38(60)35(57)32(54)25(20-50)63-41)22-10-16-47(7)30(22)23(52)18-28-45(5)15-12-29(44(3,4)27(45)11-17-46(28,47)6)65-42-39(36(58)33(55)26(21-51)64-42)66-40-37(59)34(56)31(53)24(19-49)62-40/h9,13,22-42,49-61H,10-12,14-21H2,1-8H3/b13-9+/t22-,23+,24+,25+,26+,27-,28+,29-,30-,31+,32+,33+,34-,35-,36-,37+,38+,39+,40-,41-,42-,45-,46+,47+,48-/m0/s1. The number of aliphatic hydroxyl groups is 13. The normalized spacial score (nSPS) is 52.3. The van der Waals surface area contributed by atoms with Gasteiger partial charge in [-0.25, -0.2) is 0 Å². The number of ether oxygens (including phenoxy) is 6. The van der Waals surface area contributed by atoms with E-state index >= 15 is 0 Å². The van der Waals surface area contributed by atoms with Crippen molar-refractivity contribution in [2.75, 3.05) is 19.8 Å². The summed E-state index contributed by atoms with van der Waals surface area (Å²) < 4.78 is 37.1. The van der Waals surface area contributed by atoms with Crippen molar-refractivity contribution < 1.29 is 94.8 Å². The van der Waals surface area contributed by atoms with E-state index < -0.39 is 146 Å².